The molecule has 3 unspecified atom stereocenters. The molecule has 0 bridgehead atoms. The number of hydrogen-bond donors (Lipinski definition) is 1. The van der Waals surface area contributed by atoms with E-state index in [0.717, 1.165) is 23.8 Å². The van der Waals surface area contributed by atoms with E-state index in [9.17, 15) is 0 Å². The summed E-state index contributed by atoms with van der Waals surface area (Å²) in [6.45, 7) is 8.07. The normalized spacial score (nSPS) is 23.8. The molecule has 2 heteroatoms. The molecule has 1 fully saturated rings. The summed E-state index contributed by atoms with van der Waals surface area (Å²) in [6.07, 6.45) is 11.3. The SMILES string of the molecule is CCCCC(CC)CC(NCC)C1CCCCS1. The molecule has 1 nitrogen and oxygen atoms in total. The zero-order valence-corrected chi connectivity index (χ0v) is 13.5. The highest BCUT2D eigenvalue weighted by molar-refractivity contribution is 8.00. The van der Waals surface area contributed by atoms with Crippen LogP contribution in [0.25, 0.3) is 0 Å². The zero-order valence-electron chi connectivity index (χ0n) is 12.7. The van der Waals surface area contributed by atoms with Gasteiger partial charge >= 0.3 is 0 Å². The van der Waals surface area contributed by atoms with Crippen LogP contribution in [0.5, 0.6) is 0 Å². The van der Waals surface area contributed by atoms with Gasteiger partial charge in [0.05, 0.1) is 0 Å². The molecule has 1 heterocycles. The second-order valence-electron chi connectivity index (χ2n) is 5.72. The maximum absolute atomic E-state index is 3.77. The molecule has 0 saturated carbocycles. The Hall–Kier alpha value is 0.310. The van der Waals surface area contributed by atoms with Crippen LogP contribution in [0.4, 0.5) is 0 Å². The van der Waals surface area contributed by atoms with Crippen molar-refractivity contribution in [2.75, 3.05) is 12.3 Å². The molecule has 1 rings (SSSR count). The minimum Gasteiger partial charge on any atom is -0.313 e. The predicted octanol–water partition coefficient (Wildman–Crippen LogP) is 4.86. The van der Waals surface area contributed by atoms with Crippen molar-refractivity contribution in [3.63, 3.8) is 0 Å². The molecule has 1 saturated heterocycles. The highest BCUT2D eigenvalue weighted by Crippen LogP contribution is 2.31. The lowest BCUT2D eigenvalue weighted by Crippen LogP contribution is -2.40. The van der Waals surface area contributed by atoms with Gasteiger partial charge in [0.25, 0.3) is 0 Å². The van der Waals surface area contributed by atoms with Crippen LogP contribution in [-0.2, 0) is 0 Å². The molecule has 0 spiro atoms. The van der Waals surface area contributed by atoms with Gasteiger partial charge in [-0.15, -0.1) is 0 Å². The fourth-order valence-corrected chi connectivity index (χ4v) is 4.50. The number of nitrogens with one attached hydrogen (secondary N) is 1. The van der Waals surface area contributed by atoms with Crippen molar-refractivity contribution < 1.29 is 0 Å². The molecule has 1 N–H and O–H groups in total. The predicted molar refractivity (Wildman–Crippen MR) is 85.5 cm³/mol. The molecule has 0 aromatic carbocycles. The fraction of sp³-hybridized carbons (Fsp3) is 1.00. The van der Waals surface area contributed by atoms with Gasteiger partial charge in [-0.2, -0.15) is 11.8 Å². The quantitative estimate of drug-likeness (QED) is 0.643. The number of rotatable bonds is 9. The first-order valence-electron chi connectivity index (χ1n) is 8.16. The molecule has 108 valence electrons. The maximum atomic E-state index is 3.77. The molecule has 3 atom stereocenters. The standard InChI is InChI=1S/C16H33NS/c1-4-7-10-14(5-2)13-15(17-6-3)16-11-8-9-12-18-16/h14-17H,4-13H2,1-3H3. The summed E-state index contributed by atoms with van der Waals surface area (Å²) >= 11 is 2.23. The van der Waals surface area contributed by atoms with E-state index in [0.29, 0.717) is 0 Å². The van der Waals surface area contributed by atoms with Crippen molar-refractivity contribution in [2.24, 2.45) is 5.92 Å². The van der Waals surface area contributed by atoms with Gasteiger partial charge in [-0.1, -0.05) is 52.9 Å². The average Bonchev–Trinajstić information content (AvgIpc) is 2.43. The monoisotopic (exact) mass is 271 g/mol. The van der Waals surface area contributed by atoms with E-state index in [4.69, 9.17) is 0 Å². The number of thioether (sulfide) groups is 1. The van der Waals surface area contributed by atoms with Crippen LogP contribution in [-0.4, -0.2) is 23.6 Å². The van der Waals surface area contributed by atoms with Crippen LogP contribution < -0.4 is 5.32 Å². The van der Waals surface area contributed by atoms with Gasteiger partial charge in [0.15, 0.2) is 0 Å². The van der Waals surface area contributed by atoms with Gasteiger partial charge in [-0.25, -0.2) is 0 Å². The summed E-state index contributed by atoms with van der Waals surface area (Å²) in [5.74, 6) is 2.33. The smallest absolute Gasteiger partial charge is 0.0201 e. The molecular weight excluding hydrogens is 238 g/mol. The Morgan fingerprint density at radius 1 is 1.22 bits per heavy atom. The zero-order chi connectivity index (χ0) is 13.2. The van der Waals surface area contributed by atoms with Crippen molar-refractivity contribution >= 4 is 11.8 Å². The Labute approximate surface area is 119 Å². The fourth-order valence-electron chi connectivity index (χ4n) is 3.05. The minimum absolute atomic E-state index is 0.766. The lowest BCUT2D eigenvalue weighted by atomic mass is 9.89. The second-order valence-corrected chi connectivity index (χ2v) is 7.07. The largest absolute Gasteiger partial charge is 0.313 e. The topological polar surface area (TPSA) is 12.0 Å². The van der Waals surface area contributed by atoms with Gasteiger partial charge in [0.2, 0.25) is 0 Å². The summed E-state index contributed by atoms with van der Waals surface area (Å²) in [4.78, 5) is 0. The van der Waals surface area contributed by atoms with Gasteiger partial charge in [0, 0.05) is 11.3 Å². The highest BCUT2D eigenvalue weighted by Gasteiger charge is 2.25. The Morgan fingerprint density at radius 2 is 2.06 bits per heavy atom. The molecule has 0 aromatic heterocycles. The Morgan fingerprint density at radius 3 is 2.61 bits per heavy atom. The lowest BCUT2D eigenvalue weighted by Gasteiger charge is -2.33. The summed E-state index contributed by atoms with van der Waals surface area (Å²) in [5, 5.41) is 4.66. The van der Waals surface area contributed by atoms with E-state index >= 15 is 0 Å². The van der Waals surface area contributed by atoms with Gasteiger partial charge in [-0.3, -0.25) is 0 Å². The summed E-state index contributed by atoms with van der Waals surface area (Å²) in [5.41, 5.74) is 0. The first-order valence-corrected chi connectivity index (χ1v) is 9.21. The van der Waals surface area contributed by atoms with E-state index in [1.54, 1.807) is 0 Å². The Bertz CT molecular complexity index is 190. The van der Waals surface area contributed by atoms with Crippen LogP contribution in [0.15, 0.2) is 0 Å². The van der Waals surface area contributed by atoms with Gasteiger partial charge < -0.3 is 5.32 Å². The van der Waals surface area contributed by atoms with Crippen molar-refractivity contribution in [3.05, 3.63) is 0 Å². The number of unbranched alkanes of at least 4 members (excludes halogenated alkanes) is 1. The van der Waals surface area contributed by atoms with Gasteiger partial charge in [0.1, 0.15) is 0 Å². The van der Waals surface area contributed by atoms with Crippen molar-refractivity contribution in [1.29, 1.82) is 0 Å². The van der Waals surface area contributed by atoms with Crippen LogP contribution in [0.3, 0.4) is 0 Å². The van der Waals surface area contributed by atoms with Crippen molar-refractivity contribution in [1.82, 2.24) is 5.32 Å². The highest BCUT2D eigenvalue weighted by atomic mass is 32.2. The Balaban J connectivity index is 2.43. The molecule has 0 radical (unpaired) electrons. The van der Waals surface area contributed by atoms with Gasteiger partial charge in [-0.05, 0) is 37.5 Å². The first-order chi connectivity index (χ1) is 8.81. The van der Waals surface area contributed by atoms with Crippen molar-refractivity contribution in [3.8, 4) is 0 Å². The third-order valence-electron chi connectivity index (χ3n) is 4.26. The molecule has 0 aliphatic carbocycles. The first kappa shape index (κ1) is 16.4. The molecule has 0 amide bonds. The van der Waals surface area contributed by atoms with E-state index in [2.05, 4.69) is 37.8 Å². The molecule has 0 aromatic rings. The third-order valence-corrected chi connectivity index (χ3v) is 5.78. The van der Waals surface area contributed by atoms with Crippen LogP contribution in [0.1, 0.15) is 72.1 Å². The maximum Gasteiger partial charge on any atom is 0.0201 e. The minimum atomic E-state index is 0.766. The van der Waals surface area contributed by atoms with E-state index < -0.39 is 0 Å². The average molecular weight is 272 g/mol. The lowest BCUT2D eigenvalue weighted by molar-refractivity contribution is 0.338. The van der Waals surface area contributed by atoms with E-state index in [1.807, 2.05) is 0 Å². The van der Waals surface area contributed by atoms with Crippen LogP contribution >= 0.6 is 11.8 Å². The molecule has 1 aliphatic heterocycles. The molecule has 18 heavy (non-hydrogen) atoms. The van der Waals surface area contributed by atoms with Crippen LogP contribution in [0.2, 0.25) is 0 Å². The summed E-state index contributed by atoms with van der Waals surface area (Å²) < 4.78 is 0. The van der Waals surface area contributed by atoms with Crippen LogP contribution in [0, 0.1) is 5.92 Å². The number of hydrogen-bond acceptors (Lipinski definition) is 2. The molecule has 1 aliphatic rings. The third kappa shape index (κ3) is 5.97. The Kier molecular flexibility index (Phi) is 9.22. The van der Waals surface area contributed by atoms with E-state index in [1.165, 1.54) is 57.1 Å². The van der Waals surface area contributed by atoms with Crippen molar-refractivity contribution in [2.45, 2.75) is 83.4 Å². The summed E-state index contributed by atoms with van der Waals surface area (Å²) in [6, 6.07) is 0.766. The second kappa shape index (κ2) is 10.1. The summed E-state index contributed by atoms with van der Waals surface area (Å²) in [7, 11) is 0. The molecular formula is C16H33NS. The van der Waals surface area contributed by atoms with E-state index in [-0.39, 0.29) is 0 Å².